The van der Waals surface area contributed by atoms with Crippen molar-refractivity contribution in [3.63, 3.8) is 0 Å². The Balaban J connectivity index is 1.38. The third-order valence-electron chi connectivity index (χ3n) is 8.22. The second kappa shape index (κ2) is 12.5. The van der Waals surface area contributed by atoms with Gasteiger partial charge in [0, 0.05) is 23.7 Å². The van der Waals surface area contributed by atoms with E-state index in [2.05, 4.69) is 0 Å². The van der Waals surface area contributed by atoms with Crippen LogP contribution in [0.5, 0.6) is 0 Å². The molecule has 7 aromatic rings. The van der Waals surface area contributed by atoms with Crippen LogP contribution in [0.1, 0.15) is 11.1 Å². The van der Waals surface area contributed by atoms with Crippen molar-refractivity contribution in [3.05, 3.63) is 161 Å². The largest absolute Gasteiger partial charge is 0.293 e. The fourth-order valence-corrected chi connectivity index (χ4v) is 6.31. The summed E-state index contributed by atoms with van der Waals surface area (Å²) >= 11 is 13.1. The van der Waals surface area contributed by atoms with Crippen molar-refractivity contribution in [2.24, 2.45) is 0 Å². The quantitative estimate of drug-likeness (QED) is 0.124. The first kappa shape index (κ1) is 31.0. The van der Waals surface area contributed by atoms with E-state index in [9.17, 15) is 19.7 Å². The molecule has 9 nitrogen and oxygen atoms in total. The van der Waals surface area contributed by atoms with Crippen molar-refractivity contribution >= 4 is 50.7 Å². The standard InChI is InChI=1S/C37H25Cl2N5O4/c1-22-14-17-32(33(20-22)44(47)48)43-35(25-9-3-6-12-29(25)39)41-31-16-15-23(21-27(31)37(43)46)18-19-42-34(24-8-2-5-11-28(24)38)40-30-13-7-4-10-26(30)36(42)45/h2-17,20-21H,18-19H2,1H3. The number of nitrogens with zero attached hydrogens (tertiary/aromatic N) is 5. The molecule has 0 aliphatic rings. The number of aromatic nitrogens is 4. The summed E-state index contributed by atoms with van der Waals surface area (Å²) in [5.41, 5.74) is 2.58. The third kappa shape index (κ3) is 5.53. The fraction of sp³-hybridized carbons (Fsp3) is 0.0811. The van der Waals surface area contributed by atoms with Crippen molar-refractivity contribution in [2.45, 2.75) is 19.9 Å². The van der Waals surface area contributed by atoms with Crippen LogP contribution in [0.2, 0.25) is 10.0 Å². The second-order valence-corrected chi connectivity index (χ2v) is 12.1. The van der Waals surface area contributed by atoms with Crippen molar-refractivity contribution in [3.8, 4) is 28.5 Å². The van der Waals surface area contributed by atoms with E-state index >= 15 is 0 Å². The molecule has 0 spiro atoms. The van der Waals surface area contributed by atoms with Crippen LogP contribution in [0.25, 0.3) is 50.3 Å². The van der Waals surface area contributed by atoms with Gasteiger partial charge < -0.3 is 0 Å². The molecule has 48 heavy (non-hydrogen) atoms. The molecule has 0 radical (unpaired) electrons. The summed E-state index contributed by atoms with van der Waals surface area (Å²) in [6.07, 6.45) is 0.365. The molecule has 0 bridgehead atoms. The Morgan fingerprint density at radius 3 is 2.04 bits per heavy atom. The number of hydrogen-bond donors (Lipinski definition) is 0. The molecule has 236 valence electrons. The number of halogens is 2. The summed E-state index contributed by atoms with van der Waals surface area (Å²) in [6.45, 7) is 1.98. The summed E-state index contributed by atoms with van der Waals surface area (Å²) in [4.78, 5) is 49.4. The first-order valence-electron chi connectivity index (χ1n) is 15.0. The lowest BCUT2D eigenvalue weighted by molar-refractivity contribution is -0.384. The van der Waals surface area contributed by atoms with E-state index in [1.54, 1.807) is 84.3 Å². The second-order valence-electron chi connectivity index (χ2n) is 11.3. The highest BCUT2D eigenvalue weighted by molar-refractivity contribution is 6.33. The third-order valence-corrected chi connectivity index (χ3v) is 8.88. The maximum absolute atomic E-state index is 14.4. The predicted octanol–water partition coefficient (Wildman–Crippen LogP) is 8.20. The van der Waals surface area contributed by atoms with Crippen LogP contribution < -0.4 is 11.1 Å². The molecule has 0 unspecified atom stereocenters. The zero-order valence-electron chi connectivity index (χ0n) is 25.4. The molecule has 0 N–H and O–H groups in total. The summed E-state index contributed by atoms with van der Waals surface area (Å²) < 4.78 is 2.85. The number of hydrogen-bond acceptors (Lipinski definition) is 6. The number of para-hydroxylation sites is 1. The van der Waals surface area contributed by atoms with Gasteiger partial charge in [0.1, 0.15) is 17.3 Å². The van der Waals surface area contributed by atoms with Crippen LogP contribution in [-0.4, -0.2) is 24.0 Å². The zero-order chi connectivity index (χ0) is 33.5. The van der Waals surface area contributed by atoms with Gasteiger partial charge in [-0.25, -0.2) is 9.97 Å². The van der Waals surface area contributed by atoms with Gasteiger partial charge in [0.25, 0.3) is 16.8 Å². The van der Waals surface area contributed by atoms with Crippen LogP contribution in [0.3, 0.4) is 0 Å². The molecule has 2 heterocycles. The van der Waals surface area contributed by atoms with Crippen molar-refractivity contribution in [1.82, 2.24) is 19.1 Å². The molecule has 0 atom stereocenters. The monoisotopic (exact) mass is 673 g/mol. The van der Waals surface area contributed by atoms with Gasteiger partial charge in [-0.2, -0.15) is 0 Å². The average Bonchev–Trinajstić information content (AvgIpc) is 3.08. The minimum absolute atomic E-state index is 0.0727. The van der Waals surface area contributed by atoms with E-state index in [1.807, 2.05) is 30.3 Å². The minimum Gasteiger partial charge on any atom is -0.292 e. The van der Waals surface area contributed by atoms with Gasteiger partial charge in [-0.3, -0.25) is 28.8 Å². The molecule has 11 heteroatoms. The van der Waals surface area contributed by atoms with Crippen molar-refractivity contribution in [1.29, 1.82) is 0 Å². The van der Waals surface area contributed by atoms with Crippen LogP contribution in [0.15, 0.2) is 119 Å². The Hall–Kier alpha value is -5.64. The SMILES string of the molecule is Cc1ccc(-n2c(-c3ccccc3Cl)nc3ccc(CCn4c(-c5ccccc5Cl)nc5ccccc5c4=O)cc3c2=O)c([N+](=O)[O-])c1. The van der Waals surface area contributed by atoms with Gasteiger partial charge in [0.15, 0.2) is 0 Å². The molecule has 0 amide bonds. The van der Waals surface area contributed by atoms with Crippen LogP contribution >= 0.6 is 23.2 Å². The highest BCUT2D eigenvalue weighted by Crippen LogP contribution is 2.32. The van der Waals surface area contributed by atoms with Crippen LogP contribution in [-0.2, 0) is 13.0 Å². The summed E-state index contributed by atoms with van der Waals surface area (Å²) in [6, 6.07) is 31.2. The Morgan fingerprint density at radius 1 is 0.708 bits per heavy atom. The Bertz CT molecular complexity index is 2540. The normalized spacial score (nSPS) is 11.3. The molecule has 7 rings (SSSR count). The average molecular weight is 675 g/mol. The zero-order valence-corrected chi connectivity index (χ0v) is 26.9. The van der Waals surface area contributed by atoms with Crippen LogP contribution in [0, 0.1) is 17.0 Å². The number of rotatable bonds is 7. The highest BCUT2D eigenvalue weighted by atomic mass is 35.5. The topological polar surface area (TPSA) is 113 Å². The van der Waals surface area contributed by atoms with Gasteiger partial charge in [-0.1, -0.05) is 71.7 Å². The van der Waals surface area contributed by atoms with Gasteiger partial charge in [-0.15, -0.1) is 0 Å². The number of fused-ring (bicyclic) bond motifs is 2. The Morgan fingerprint density at radius 2 is 1.33 bits per heavy atom. The molecule has 0 fully saturated rings. The van der Waals surface area contributed by atoms with E-state index in [1.165, 1.54) is 10.6 Å². The van der Waals surface area contributed by atoms with E-state index in [0.29, 0.717) is 55.4 Å². The molecular weight excluding hydrogens is 649 g/mol. The smallest absolute Gasteiger partial charge is 0.292 e. The van der Waals surface area contributed by atoms with Gasteiger partial charge in [-0.05, 0) is 79.1 Å². The first-order valence-corrected chi connectivity index (χ1v) is 15.8. The Labute approximate surface area is 283 Å². The van der Waals surface area contributed by atoms with Crippen LogP contribution in [0.4, 0.5) is 5.69 Å². The van der Waals surface area contributed by atoms with Gasteiger partial charge in [0.2, 0.25) is 0 Å². The first-order chi connectivity index (χ1) is 23.2. The highest BCUT2D eigenvalue weighted by Gasteiger charge is 2.23. The molecule has 0 aliphatic carbocycles. The van der Waals surface area contributed by atoms with E-state index < -0.39 is 10.5 Å². The van der Waals surface area contributed by atoms with E-state index in [4.69, 9.17) is 33.2 Å². The lowest BCUT2D eigenvalue weighted by Gasteiger charge is -2.16. The Kier molecular flexibility index (Phi) is 8.08. The maximum atomic E-state index is 14.4. The van der Waals surface area contributed by atoms with Gasteiger partial charge >= 0.3 is 0 Å². The van der Waals surface area contributed by atoms with Crippen molar-refractivity contribution in [2.75, 3.05) is 0 Å². The molecule has 0 aliphatic heterocycles. The number of benzene rings is 5. The predicted molar refractivity (Wildman–Crippen MR) is 189 cm³/mol. The number of aryl methyl sites for hydroxylation is 2. The molecule has 0 saturated heterocycles. The lowest BCUT2D eigenvalue weighted by atomic mass is 10.1. The van der Waals surface area contributed by atoms with E-state index in [-0.39, 0.29) is 34.7 Å². The molecule has 2 aromatic heterocycles. The fourth-order valence-electron chi connectivity index (χ4n) is 5.87. The maximum Gasteiger partial charge on any atom is 0.293 e. The molecular formula is C37H25Cl2N5O4. The molecule has 0 saturated carbocycles. The van der Waals surface area contributed by atoms with Crippen molar-refractivity contribution < 1.29 is 4.92 Å². The number of nitro groups is 1. The van der Waals surface area contributed by atoms with Gasteiger partial charge in [0.05, 0.1) is 36.8 Å². The summed E-state index contributed by atoms with van der Waals surface area (Å²) in [5.74, 6) is 0.612. The molecule has 5 aromatic carbocycles. The lowest BCUT2D eigenvalue weighted by Crippen LogP contribution is -2.25. The van der Waals surface area contributed by atoms with E-state index in [0.717, 1.165) is 5.56 Å². The minimum atomic E-state index is -0.516. The number of nitro benzene ring substituents is 1. The summed E-state index contributed by atoms with van der Waals surface area (Å²) in [7, 11) is 0. The summed E-state index contributed by atoms with van der Waals surface area (Å²) in [5, 5.41) is 13.7.